The van der Waals surface area contributed by atoms with E-state index >= 15 is 0 Å². The minimum Gasteiger partial charge on any atom is -0.387 e. The largest absolute Gasteiger partial charge is 0.387 e. The SMILES string of the molecule is CC(C)c1nc2c([nH]1)C(=O)C(=O)C1=CCCC=C12.CCC1=C(N=C(N)C(C)C)C(=O)C(=O)c2ccccc21. The molecule has 196 valence electrons. The van der Waals surface area contributed by atoms with Crippen molar-refractivity contribution in [1.82, 2.24) is 9.97 Å². The number of imidazole rings is 1. The standard InChI is InChI=1S/C16H18N2O2.C14H14N2O2/c1-4-10-11-7-5-6-8-12(11)14(19)15(20)13(10)18-16(17)9(2)3;1-7(2)14-15-10-8-5-3-4-6-9(8)12(17)13(18)11(10)16-14/h5-9H,4H2,1-3H3,(H2,17,18);5-7H,3-4H2,1-2H3,(H,15,16). The molecule has 0 aliphatic heterocycles. The van der Waals surface area contributed by atoms with Gasteiger partial charge >= 0.3 is 0 Å². The van der Waals surface area contributed by atoms with Gasteiger partial charge in [0.1, 0.15) is 28.7 Å². The molecule has 0 saturated carbocycles. The van der Waals surface area contributed by atoms with Crippen molar-refractivity contribution in [3.8, 4) is 0 Å². The fourth-order valence-electron chi connectivity index (χ4n) is 4.55. The van der Waals surface area contributed by atoms with Crippen molar-refractivity contribution < 1.29 is 19.2 Å². The summed E-state index contributed by atoms with van der Waals surface area (Å²) in [6.45, 7) is 9.74. The maximum Gasteiger partial charge on any atom is 0.252 e. The molecule has 1 aromatic heterocycles. The van der Waals surface area contributed by atoms with Crippen LogP contribution in [0.3, 0.4) is 0 Å². The third-order valence-corrected chi connectivity index (χ3v) is 6.75. The minimum atomic E-state index is -0.566. The molecule has 0 spiro atoms. The molecule has 0 atom stereocenters. The van der Waals surface area contributed by atoms with Crippen molar-refractivity contribution in [2.75, 3.05) is 0 Å². The number of aliphatic imine (C=N–C) groups is 1. The van der Waals surface area contributed by atoms with Crippen molar-refractivity contribution in [2.45, 2.75) is 59.8 Å². The number of ketones is 4. The Morgan fingerprint density at radius 3 is 2.16 bits per heavy atom. The zero-order chi connectivity index (χ0) is 27.7. The number of nitrogens with one attached hydrogen (secondary N) is 1. The smallest absolute Gasteiger partial charge is 0.252 e. The Hall–Kier alpha value is -4.20. The molecule has 3 N–H and O–H groups in total. The van der Waals surface area contributed by atoms with E-state index in [-0.39, 0.29) is 17.5 Å². The Labute approximate surface area is 221 Å². The summed E-state index contributed by atoms with van der Waals surface area (Å²) in [4.78, 5) is 60.1. The molecule has 1 aromatic carbocycles. The number of rotatable bonds is 4. The molecule has 0 fully saturated rings. The number of H-pyrrole nitrogens is 1. The van der Waals surface area contributed by atoms with Crippen LogP contribution in [0.4, 0.5) is 0 Å². The summed E-state index contributed by atoms with van der Waals surface area (Å²) in [5, 5.41) is 0. The fraction of sp³-hybridized carbons (Fsp3) is 0.333. The van der Waals surface area contributed by atoms with Gasteiger partial charge < -0.3 is 10.7 Å². The molecule has 8 nitrogen and oxygen atoms in total. The number of benzene rings is 1. The average molecular weight is 513 g/mol. The molecule has 0 saturated heterocycles. The fourth-order valence-corrected chi connectivity index (χ4v) is 4.55. The third kappa shape index (κ3) is 4.74. The quantitative estimate of drug-likeness (QED) is 0.337. The molecule has 8 heteroatoms. The highest BCUT2D eigenvalue weighted by molar-refractivity contribution is 6.54. The monoisotopic (exact) mass is 512 g/mol. The third-order valence-electron chi connectivity index (χ3n) is 6.75. The van der Waals surface area contributed by atoms with Gasteiger partial charge in [0.25, 0.3) is 11.6 Å². The average Bonchev–Trinajstić information content (AvgIpc) is 3.37. The minimum absolute atomic E-state index is 0.0284. The number of carbonyl (C=O) groups is 4. The molecule has 3 aliphatic carbocycles. The van der Waals surface area contributed by atoms with Crippen LogP contribution in [0.2, 0.25) is 0 Å². The van der Waals surface area contributed by atoms with Crippen molar-refractivity contribution in [3.63, 3.8) is 0 Å². The van der Waals surface area contributed by atoms with Crippen LogP contribution in [0.25, 0.3) is 11.1 Å². The lowest BCUT2D eigenvalue weighted by Crippen LogP contribution is -2.26. The number of nitrogens with zero attached hydrogens (tertiary/aromatic N) is 2. The second kappa shape index (κ2) is 10.7. The van der Waals surface area contributed by atoms with Gasteiger partial charge in [0.05, 0.1) is 0 Å². The first-order valence-corrected chi connectivity index (χ1v) is 12.9. The maximum atomic E-state index is 12.2. The van der Waals surface area contributed by atoms with Crippen molar-refractivity contribution >= 4 is 40.1 Å². The van der Waals surface area contributed by atoms with Crippen LogP contribution in [0.5, 0.6) is 0 Å². The van der Waals surface area contributed by atoms with Crippen LogP contribution < -0.4 is 5.73 Å². The Kier molecular flexibility index (Phi) is 7.53. The van der Waals surface area contributed by atoms with E-state index in [4.69, 9.17) is 5.73 Å². The number of Topliss-reactive ketones (excluding diaryl/α,β-unsaturated/α-hetero) is 4. The summed E-state index contributed by atoms with van der Waals surface area (Å²) < 4.78 is 0. The first-order chi connectivity index (χ1) is 18.1. The summed E-state index contributed by atoms with van der Waals surface area (Å²) in [6.07, 6.45) is 6.18. The molecule has 2 aromatic rings. The van der Waals surface area contributed by atoms with Crippen LogP contribution in [0.15, 0.2) is 52.7 Å². The number of aromatic amines is 1. The van der Waals surface area contributed by atoms with Crippen LogP contribution in [0, 0.1) is 5.92 Å². The molecule has 1 heterocycles. The van der Waals surface area contributed by atoms with E-state index in [0.29, 0.717) is 34.8 Å². The number of carbonyl (C=O) groups excluding carboxylic acids is 4. The van der Waals surface area contributed by atoms with Gasteiger partial charge in [0.15, 0.2) is 0 Å². The van der Waals surface area contributed by atoms with Gasteiger partial charge in [-0.15, -0.1) is 0 Å². The molecular formula is C30H32N4O4. The van der Waals surface area contributed by atoms with E-state index in [0.717, 1.165) is 35.4 Å². The lowest BCUT2D eigenvalue weighted by molar-refractivity contribution is -0.112. The topological polar surface area (TPSA) is 135 Å². The second-order valence-corrected chi connectivity index (χ2v) is 10.0. The molecule has 0 unspecified atom stereocenters. The second-order valence-electron chi connectivity index (χ2n) is 10.0. The van der Waals surface area contributed by atoms with Crippen molar-refractivity contribution in [3.05, 3.63) is 76.0 Å². The Balaban J connectivity index is 0.000000178. The molecule has 0 amide bonds. The highest BCUT2D eigenvalue weighted by Gasteiger charge is 2.36. The van der Waals surface area contributed by atoms with E-state index in [1.54, 1.807) is 12.1 Å². The number of hydrogen-bond acceptors (Lipinski definition) is 6. The van der Waals surface area contributed by atoms with Gasteiger partial charge in [-0.05, 0) is 30.4 Å². The lowest BCUT2D eigenvalue weighted by Gasteiger charge is -2.19. The van der Waals surface area contributed by atoms with Crippen LogP contribution in [0.1, 0.15) is 97.7 Å². The number of nitrogens with two attached hydrogens (primary N) is 1. The van der Waals surface area contributed by atoms with Gasteiger partial charge in [0, 0.05) is 28.5 Å². The summed E-state index contributed by atoms with van der Waals surface area (Å²) >= 11 is 0. The normalized spacial score (nSPS) is 17.1. The summed E-state index contributed by atoms with van der Waals surface area (Å²) in [6, 6.07) is 7.13. The molecule has 3 aliphatic rings. The molecule has 0 radical (unpaired) electrons. The zero-order valence-corrected chi connectivity index (χ0v) is 22.3. The van der Waals surface area contributed by atoms with Gasteiger partial charge in [-0.25, -0.2) is 9.98 Å². The van der Waals surface area contributed by atoms with E-state index < -0.39 is 23.1 Å². The summed E-state index contributed by atoms with van der Waals surface area (Å²) in [5.41, 5.74) is 10.4. The number of hydrogen-bond donors (Lipinski definition) is 2. The molecule has 0 bridgehead atoms. The van der Waals surface area contributed by atoms with Crippen molar-refractivity contribution in [2.24, 2.45) is 16.6 Å². The number of aromatic nitrogens is 2. The highest BCUT2D eigenvalue weighted by atomic mass is 16.2. The Morgan fingerprint density at radius 2 is 1.55 bits per heavy atom. The van der Waals surface area contributed by atoms with Gasteiger partial charge in [-0.3, -0.25) is 19.2 Å². The molecule has 5 rings (SSSR count). The molecule has 38 heavy (non-hydrogen) atoms. The number of allylic oxidation sites excluding steroid dienone is 6. The molecular weight excluding hydrogens is 480 g/mol. The van der Waals surface area contributed by atoms with Crippen LogP contribution in [-0.2, 0) is 9.59 Å². The summed E-state index contributed by atoms with van der Waals surface area (Å²) in [7, 11) is 0. The maximum absolute atomic E-state index is 12.2. The number of fused-ring (bicyclic) bond motifs is 4. The first-order valence-electron chi connectivity index (χ1n) is 12.9. The van der Waals surface area contributed by atoms with E-state index in [1.807, 2.05) is 58.9 Å². The van der Waals surface area contributed by atoms with Gasteiger partial charge in [-0.1, -0.05) is 71.0 Å². The van der Waals surface area contributed by atoms with E-state index in [9.17, 15) is 19.2 Å². The number of amidine groups is 1. The zero-order valence-electron chi connectivity index (χ0n) is 22.3. The van der Waals surface area contributed by atoms with Crippen LogP contribution in [-0.4, -0.2) is 38.9 Å². The van der Waals surface area contributed by atoms with E-state index in [1.165, 1.54) is 0 Å². The Morgan fingerprint density at radius 1 is 0.921 bits per heavy atom. The Bertz CT molecular complexity index is 1480. The lowest BCUT2D eigenvalue weighted by atomic mass is 9.84. The predicted molar refractivity (Wildman–Crippen MR) is 147 cm³/mol. The van der Waals surface area contributed by atoms with Gasteiger partial charge in [-0.2, -0.15) is 0 Å². The highest BCUT2D eigenvalue weighted by Crippen LogP contribution is 2.36. The van der Waals surface area contributed by atoms with E-state index in [2.05, 4.69) is 15.0 Å². The van der Waals surface area contributed by atoms with Gasteiger partial charge in [0.2, 0.25) is 11.6 Å². The van der Waals surface area contributed by atoms with Crippen molar-refractivity contribution in [1.29, 1.82) is 0 Å². The summed E-state index contributed by atoms with van der Waals surface area (Å²) in [5.74, 6) is -0.587. The van der Waals surface area contributed by atoms with Crippen LogP contribution >= 0.6 is 0 Å². The first kappa shape index (κ1) is 26.9. The predicted octanol–water partition coefficient (Wildman–Crippen LogP) is 4.99.